The molecule has 1 amide bonds. The molecule has 3 heterocycles. The molecule has 0 aliphatic carbocycles. The molecular weight excluding hydrogens is 244 g/mol. The van der Waals surface area contributed by atoms with Gasteiger partial charge in [0.2, 0.25) is 5.82 Å². The molecule has 0 unspecified atom stereocenters. The molecule has 0 bridgehead atoms. The van der Waals surface area contributed by atoms with Gasteiger partial charge < -0.3 is 5.32 Å². The number of nitrogens with zero attached hydrogens (tertiary/aromatic N) is 5. The fraction of sp³-hybridized carbons (Fsp3) is 0.0833. The van der Waals surface area contributed by atoms with Crippen LogP contribution in [0.5, 0.6) is 0 Å². The van der Waals surface area contributed by atoms with Gasteiger partial charge in [-0.3, -0.25) is 9.78 Å². The molecule has 0 atom stereocenters. The van der Waals surface area contributed by atoms with Gasteiger partial charge in [0.15, 0.2) is 0 Å². The topological polar surface area (TPSA) is 85.1 Å². The maximum atomic E-state index is 12.0. The van der Waals surface area contributed by atoms with E-state index in [9.17, 15) is 4.79 Å². The van der Waals surface area contributed by atoms with Crippen LogP contribution < -0.4 is 5.32 Å². The van der Waals surface area contributed by atoms with E-state index in [4.69, 9.17) is 0 Å². The Morgan fingerprint density at radius 1 is 1.32 bits per heavy atom. The van der Waals surface area contributed by atoms with E-state index >= 15 is 0 Å². The van der Waals surface area contributed by atoms with E-state index < -0.39 is 5.91 Å². The van der Waals surface area contributed by atoms with Crippen LogP contribution in [-0.2, 0) is 0 Å². The molecule has 0 aliphatic rings. The van der Waals surface area contributed by atoms with Crippen molar-refractivity contribution in [2.75, 3.05) is 5.32 Å². The smallest absolute Gasteiger partial charge is 0.295 e. The monoisotopic (exact) mass is 254 g/mol. The average molecular weight is 254 g/mol. The second kappa shape index (κ2) is 4.45. The molecule has 0 aliphatic heterocycles. The van der Waals surface area contributed by atoms with Gasteiger partial charge in [0, 0.05) is 18.1 Å². The summed E-state index contributed by atoms with van der Waals surface area (Å²) in [5.41, 5.74) is 1.45. The van der Waals surface area contributed by atoms with E-state index in [1.165, 1.54) is 4.52 Å². The van der Waals surface area contributed by atoms with Gasteiger partial charge in [-0.25, -0.2) is 9.50 Å². The number of hydrogen-bond acceptors (Lipinski definition) is 5. The fourth-order valence-electron chi connectivity index (χ4n) is 1.63. The van der Waals surface area contributed by atoms with Crippen molar-refractivity contribution in [3.8, 4) is 0 Å². The number of carbonyl (C=O) groups excluding carboxylic acids is 1. The first kappa shape index (κ1) is 11.3. The van der Waals surface area contributed by atoms with Gasteiger partial charge in [-0.15, -0.1) is 5.10 Å². The van der Waals surface area contributed by atoms with E-state index in [1.807, 2.05) is 6.92 Å². The third-order valence-electron chi connectivity index (χ3n) is 2.55. The lowest BCUT2D eigenvalue weighted by atomic mass is 10.4. The zero-order chi connectivity index (χ0) is 13.2. The Kier molecular flexibility index (Phi) is 2.64. The summed E-state index contributed by atoms with van der Waals surface area (Å²) in [4.78, 5) is 24.0. The molecule has 3 rings (SSSR count). The molecule has 7 nitrogen and oxygen atoms in total. The highest BCUT2D eigenvalue weighted by molar-refractivity contribution is 6.01. The summed E-state index contributed by atoms with van der Waals surface area (Å²) in [6.45, 7) is 1.87. The molecular formula is C12H10N6O. The zero-order valence-electron chi connectivity index (χ0n) is 10.1. The van der Waals surface area contributed by atoms with E-state index in [2.05, 4.69) is 25.4 Å². The van der Waals surface area contributed by atoms with Gasteiger partial charge in [0.1, 0.15) is 0 Å². The van der Waals surface area contributed by atoms with E-state index in [1.54, 1.807) is 36.8 Å². The molecule has 19 heavy (non-hydrogen) atoms. The van der Waals surface area contributed by atoms with Crippen LogP contribution in [0.3, 0.4) is 0 Å². The summed E-state index contributed by atoms with van der Waals surface area (Å²) in [6, 6.07) is 5.27. The van der Waals surface area contributed by atoms with Crippen molar-refractivity contribution in [1.29, 1.82) is 0 Å². The molecule has 0 aromatic carbocycles. The zero-order valence-corrected chi connectivity index (χ0v) is 10.1. The van der Waals surface area contributed by atoms with E-state index in [0.717, 1.165) is 5.69 Å². The molecule has 3 aromatic heterocycles. The van der Waals surface area contributed by atoms with Gasteiger partial charge in [0.25, 0.3) is 11.7 Å². The number of rotatable bonds is 2. The van der Waals surface area contributed by atoms with Crippen LogP contribution in [0.15, 0.2) is 36.8 Å². The van der Waals surface area contributed by atoms with Gasteiger partial charge in [-0.05, 0) is 25.1 Å². The van der Waals surface area contributed by atoms with Crippen molar-refractivity contribution in [1.82, 2.24) is 24.6 Å². The van der Waals surface area contributed by atoms with Gasteiger partial charge >= 0.3 is 0 Å². The Labute approximate surface area is 108 Å². The van der Waals surface area contributed by atoms with Crippen molar-refractivity contribution in [3.63, 3.8) is 0 Å². The van der Waals surface area contributed by atoms with Gasteiger partial charge in [-0.2, -0.15) is 4.98 Å². The Morgan fingerprint density at radius 3 is 2.95 bits per heavy atom. The maximum absolute atomic E-state index is 12.0. The number of pyridine rings is 1. The molecule has 0 saturated heterocycles. The molecule has 7 heteroatoms. The van der Waals surface area contributed by atoms with Crippen LogP contribution in [0.25, 0.3) is 5.78 Å². The second-order valence-corrected chi connectivity index (χ2v) is 3.93. The summed E-state index contributed by atoms with van der Waals surface area (Å²) in [5.74, 6) is 0.0832. The fourth-order valence-corrected chi connectivity index (χ4v) is 1.63. The minimum Gasteiger partial charge on any atom is -0.318 e. The first-order valence-electron chi connectivity index (χ1n) is 5.64. The van der Waals surface area contributed by atoms with Crippen LogP contribution >= 0.6 is 0 Å². The molecule has 3 aromatic rings. The summed E-state index contributed by atoms with van der Waals surface area (Å²) < 4.78 is 1.53. The van der Waals surface area contributed by atoms with Crippen molar-refractivity contribution in [3.05, 3.63) is 48.3 Å². The third kappa shape index (κ3) is 2.13. The number of aryl methyl sites for hydroxylation is 1. The number of amides is 1. The predicted octanol–water partition coefficient (Wildman–Crippen LogP) is 1.08. The Morgan fingerprint density at radius 2 is 2.21 bits per heavy atom. The Balaban J connectivity index is 1.92. The molecule has 0 radical (unpaired) electrons. The van der Waals surface area contributed by atoms with E-state index in [0.29, 0.717) is 11.5 Å². The Bertz CT molecular complexity index is 736. The predicted molar refractivity (Wildman–Crippen MR) is 67.7 cm³/mol. The number of carbonyl (C=O) groups is 1. The van der Waals surface area contributed by atoms with Crippen molar-refractivity contribution >= 4 is 17.4 Å². The van der Waals surface area contributed by atoms with Gasteiger partial charge in [-0.1, -0.05) is 0 Å². The minimum atomic E-state index is -0.391. The molecule has 0 fully saturated rings. The second-order valence-electron chi connectivity index (χ2n) is 3.93. The van der Waals surface area contributed by atoms with E-state index in [-0.39, 0.29) is 5.82 Å². The van der Waals surface area contributed by atoms with Crippen LogP contribution in [0.1, 0.15) is 16.3 Å². The van der Waals surface area contributed by atoms with Crippen LogP contribution in [0.2, 0.25) is 0 Å². The van der Waals surface area contributed by atoms with Crippen LogP contribution in [0.4, 0.5) is 5.69 Å². The minimum absolute atomic E-state index is 0.0747. The number of hydrogen-bond donors (Lipinski definition) is 1. The largest absolute Gasteiger partial charge is 0.318 e. The number of fused-ring (bicyclic) bond motifs is 1. The molecule has 1 N–H and O–H groups in total. The molecule has 0 spiro atoms. The Hall–Kier alpha value is -2.83. The highest BCUT2D eigenvalue weighted by Gasteiger charge is 2.14. The summed E-state index contributed by atoms with van der Waals surface area (Å²) in [5, 5.41) is 6.79. The lowest BCUT2D eigenvalue weighted by molar-refractivity contribution is 0.101. The van der Waals surface area contributed by atoms with Crippen LogP contribution in [-0.4, -0.2) is 30.5 Å². The van der Waals surface area contributed by atoms with Crippen molar-refractivity contribution in [2.24, 2.45) is 0 Å². The highest BCUT2D eigenvalue weighted by Crippen LogP contribution is 2.06. The van der Waals surface area contributed by atoms with Crippen molar-refractivity contribution < 1.29 is 4.79 Å². The van der Waals surface area contributed by atoms with Crippen LogP contribution in [0, 0.1) is 6.92 Å². The summed E-state index contributed by atoms with van der Waals surface area (Å²) in [7, 11) is 0. The molecule has 0 saturated carbocycles. The lowest BCUT2D eigenvalue weighted by Crippen LogP contribution is -2.14. The first-order chi connectivity index (χ1) is 9.24. The maximum Gasteiger partial charge on any atom is 0.295 e. The summed E-state index contributed by atoms with van der Waals surface area (Å²) >= 11 is 0. The SMILES string of the molecule is Cc1ccnc2nc(C(=O)Nc3cccnc3)nn12. The number of anilines is 1. The number of aromatic nitrogens is 5. The standard InChI is InChI=1S/C12H10N6O/c1-8-4-6-14-12-16-10(17-18(8)12)11(19)15-9-3-2-5-13-7-9/h2-7H,1H3,(H,15,19). The molecule has 94 valence electrons. The lowest BCUT2D eigenvalue weighted by Gasteiger charge is -1.99. The number of nitrogens with one attached hydrogen (secondary N) is 1. The highest BCUT2D eigenvalue weighted by atomic mass is 16.2. The van der Waals surface area contributed by atoms with Gasteiger partial charge in [0.05, 0.1) is 11.9 Å². The normalized spacial score (nSPS) is 10.6. The first-order valence-corrected chi connectivity index (χ1v) is 5.64. The van der Waals surface area contributed by atoms with Crippen molar-refractivity contribution in [2.45, 2.75) is 6.92 Å². The average Bonchev–Trinajstić information content (AvgIpc) is 2.85. The quantitative estimate of drug-likeness (QED) is 0.739. The summed E-state index contributed by atoms with van der Waals surface area (Å²) in [6.07, 6.45) is 4.81. The third-order valence-corrected chi connectivity index (χ3v) is 2.55.